The van der Waals surface area contributed by atoms with Crippen molar-refractivity contribution in [2.75, 3.05) is 0 Å². The van der Waals surface area contributed by atoms with E-state index in [-0.39, 0.29) is 0 Å². The van der Waals surface area contributed by atoms with Crippen molar-refractivity contribution in [2.24, 2.45) is 0 Å². The molecule has 14 rings (SSSR count). The summed E-state index contributed by atoms with van der Waals surface area (Å²) >= 11 is 0. The predicted octanol–water partition coefficient (Wildman–Crippen LogP) is 17.7. The molecule has 76 heavy (non-hydrogen) atoms. The Morgan fingerprint density at radius 2 is 0.842 bits per heavy atom. The lowest BCUT2D eigenvalue weighted by atomic mass is 10.0. The molecule has 0 N–H and O–H groups in total. The van der Waals surface area contributed by atoms with Crippen LogP contribution in [-0.2, 0) is 0 Å². The van der Waals surface area contributed by atoms with Crippen molar-refractivity contribution in [2.45, 2.75) is 6.92 Å². The standard InChI is InChI=1S/C68H40N8/c1-42-10-8-11-47(34-42)61-40-60(72-68(73-61)48-12-9-13-49(36-48)70-2)46-21-19-44(20-22-46)45-23-26-51(27-24-45)74-66-32-28-52(75-62-16-6-4-14-54(62)55-15-5-7-17-63(55)75)38-58(66)59-39-53(29-33-67(59)74)76-64-30-18-43(41-69)35-56(64)57-37-50(71-3)25-31-65(57)76/h4-40H,1H3. The Labute approximate surface area is 437 Å². The summed E-state index contributed by atoms with van der Waals surface area (Å²) in [5, 5.41) is 16.4. The van der Waals surface area contributed by atoms with E-state index in [1.54, 1.807) is 6.07 Å². The molecule has 10 aromatic carbocycles. The van der Waals surface area contributed by atoms with Crippen molar-refractivity contribution >= 4 is 76.8 Å². The average Bonchev–Trinajstić information content (AvgIpc) is 4.13. The number of nitriles is 1. The number of rotatable bonds is 7. The molecule has 0 spiro atoms. The van der Waals surface area contributed by atoms with E-state index in [2.05, 4.69) is 188 Å². The minimum atomic E-state index is 0.543. The lowest BCUT2D eigenvalue weighted by Gasteiger charge is -2.12. The van der Waals surface area contributed by atoms with E-state index in [1.807, 2.05) is 66.7 Å². The third-order valence-electron chi connectivity index (χ3n) is 14.7. The largest absolute Gasteiger partial charge is 0.309 e. The Hall–Kier alpha value is -10.9. The smallest absolute Gasteiger partial charge is 0.188 e. The predicted molar refractivity (Wildman–Crippen MR) is 309 cm³/mol. The van der Waals surface area contributed by atoms with Crippen LogP contribution in [0, 0.1) is 31.4 Å². The van der Waals surface area contributed by atoms with Crippen molar-refractivity contribution in [1.29, 1.82) is 5.26 Å². The van der Waals surface area contributed by atoms with Crippen LogP contribution in [0.4, 0.5) is 11.4 Å². The van der Waals surface area contributed by atoms with Gasteiger partial charge in [-0.05, 0) is 133 Å². The molecule has 14 aromatic rings. The highest BCUT2D eigenvalue weighted by atomic mass is 15.0. The summed E-state index contributed by atoms with van der Waals surface area (Å²) in [6.07, 6.45) is 0. The molecule has 352 valence electrons. The molecular formula is C68H40N8. The van der Waals surface area contributed by atoms with E-state index in [1.165, 1.54) is 10.8 Å². The van der Waals surface area contributed by atoms with E-state index < -0.39 is 0 Å². The summed E-state index contributed by atoms with van der Waals surface area (Å²) in [6.45, 7) is 17.5. The highest BCUT2D eigenvalue weighted by Gasteiger charge is 2.20. The third kappa shape index (κ3) is 7.12. The van der Waals surface area contributed by atoms with Gasteiger partial charge in [-0.25, -0.2) is 19.7 Å². The van der Waals surface area contributed by atoms with Crippen LogP contribution in [0.1, 0.15) is 11.1 Å². The van der Waals surface area contributed by atoms with Gasteiger partial charge in [0.1, 0.15) is 0 Å². The number of aryl methyl sites for hydroxylation is 1. The molecule has 4 heterocycles. The van der Waals surface area contributed by atoms with Gasteiger partial charge in [-0.2, -0.15) is 5.26 Å². The number of fused-ring (bicyclic) bond motifs is 9. The molecule has 4 aromatic heterocycles. The molecule has 8 heteroatoms. The Morgan fingerprint density at radius 1 is 0.368 bits per heavy atom. The van der Waals surface area contributed by atoms with Gasteiger partial charge in [-0.15, -0.1) is 0 Å². The molecule has 0 aliphatic carbocycles. The number of para-hydroxylation sites is 2. The Balaban J connectivity index is 0.894. The van der Waals surface area contributed by atoms with Crippen LogP contribution in [0.25, 0.3) is 137 Å². The Bertz CT molecular complexity index is 4730. The van der Waals surface area contributed by atoms with Crippen molar-refractivity contribution in [3.8, 4) is 68.2 Å². The van der Waals surface area contributed by atoms with Gasteiger partial charge >= 0.3 is 0 Å². The molecule has 0 saturated carbocycles. The van der Waals surface area contributed by atoms with Gasteiger partial charge < -0.3 is 13.7 Å². The van der Waals surface area contributed by atoms with Crippen LogP contribution in [0.2, 0.25) is 0 Å². The first kappa shape index (κ1) is 43.9. The number of hydrogen-bond acceptors (Lipinski definition) is 3. The maximum atomic E-state index is 9.91. The van der Waals surface area contributed by atoms with Gasteiger partial charge in [0.2, 0.25) is 0 Å². The summed E-state index contributed by atoms with van der Waals surface area (Å²) in [4.78, 5) is 17.5. The fourth-order valence-electron chi connectivity index (χ4n) is 11.2. The van der Waals surface area contributed by atoms with Gasteiger partial charge in [0.15, 0.2) is 17.2 Å². The topological polar surface area (TPSA) is 73.1 Å². The molecule has 0 bridgehead atoms. The first-order chi connectivity index (χ1) is 37.4. The van der Waals surface area contributed by atoms with Crippen LogP contribution in [0.15, 0.2) is 224 Å². The fourth-order valence-corrected chi connectivity index (χ4v) is 11.2. The van der Waals surface area contributed by atoms with Crippen LogP contribution in [0.5, 0.6) is 0 Å². The van der Waals surface area contributed by atoms with E-state index in [9.17, 15) is 5.26 Å². The molecule has 0 aliphatic heterocycles. The summed E-state index contributed by atoms with van der Waals surface area (Å²) in [5.74, 6) is 0.571. The zero-order chi connectivity index (χ0) is 51.0. The number of benzene rings is 10. The highest BCUT2D eigenvalue weighted by Crippen LogP contribution is 2.41. The van der Waals surface area contributed by atoms with Crippen LogP contribution in [0.3, 0.4) is 0 Å². The molecule has 0 aliphatic rings. The monoisotopic (exact) mass is 968 g/mol. The Kier molecular flexibility index (Phi) is 10.1. The van der Waals surface area contributed by atoms with E-state index in [4.69, 9.17) is 23.1 Å². The van der Waals surface area contributed by atoms with E-state index in [0.29, 0.717) is 22.8 Å². The number of hydrogen-bond donors (Lipinski definition) is 0. The summed E-state index contributed by atoms with van der Waals surface area (Å²) < 4.78 is 6.98. The van der Waals surface area contributed by atoms with Gasteiger partial charge in [0.05, 0.1) is 69.3 Å². The SMILES string of the molecule is [C-]#[N+]c1cccc(-c2nc(-c3ccc(-c4ccc(-n5c6ccc(-n7c8ccccc8c8ccccc87)cc6c6cc(-n7c8ccc(C#N)cc8c8cc([N+]#[C-])ccc87)ccc65)cc4)cc3)cc(-c3cccc(C)c3)n2)c1. The summed E-state index contributed by atoms with van der Waals surface area (Å²) in [6, 6.07) is 79.8. The normalized spacial score (nSPS) is 11.4. The number of nitrogens with zero attached hydrogens (tertiary/aromatic N) is 8. The van der Waals surface area contributed by atoms with Gasteiger partial charge in [-0.3, -0.25) is 0 Å². The number of aromatic nitrogens is 5. The lowest BCUT2D eigenvalue weighted by Crippen LogP contribution is -1.96. The van der Waals surface area contributed by atoms with Gasteiger partial charge in [-0.1, -0.05) is 121 Å². The van der Waals surface area contributed by atoms with Gasteiger partial charge in [0, 0.05) is 60.7 Å². The maximum Gasteiger partial charge on any atom is 0.188 e. The average molecular weight is 969 g/mol. The molecule has 0 atom stereocenters. The van der Waals surface area contributed by atoms with Crippen molar-refractivity contribution in [1.82, 2.24) is 23.7 Å². The molecule has 0 amide bonds. The molecule has 0 fully saturated rings. The molecular weight excluding hydrogens is 929 g/mol. The first-order valence-electron chi connectivity index (χ1n) is 25.0. The second kappa shape index (κ2) is 17.4. The molecule has 0 saturated heterocycles. The van der Waals surface area contributed by atoms with Crippen molar-refractivity contribution < 1.29 is 0 Å². The van der Waals surface area contributed by atoms with Crippen LogP contribution < -0.4 is 0 Å². The maximum absolute atomic E-state index is 9.91. The second-order valence-corrected chi connectivity index (χ2v) is 19.2. The minimum Gasteiger partial charge on any atom is -0.309 e. The first-order valence-corrected chi connectivity index (χ1v) is 25.0. The van der Waals surface area contributed by atoms with E-state index in [0.717, 1.165) is 116 Å². The quantitative estimate of drug-likeness (QED) is 0.149. The molecule has 0 unspecified atom stereocenters. The van der Waals surface area contributed by atoms with E-state index >= 15 is 0 Å². The second-order valence-electron chi connectivity index (χ2n) is 19.2. The third-order valence-corrected chi connectivity index (χ3v) is 14.7. The molecule has 0 radical (unpaired) electrons. The zero-order valence-corrected chi connectivity index (χ0v) is 40.9. The van der Waals surface area contributed by atoms with Crippen LogP contribution >= 0.6 is 0 Å². The van der Waals surface area contributed by atoms with Crippen LogP contribution in [-0.4, -0.2) is 23.7 Å². The summed E-state index contributed by atoms with van der Waals surface area (Å²) in [7, 11) is 0. The summed E-state index contributed by atoms with van der Waals surface area (Å²) in [5.41, 5.74) is 18.8. The molecule has 8 nitrogen and oxygen atoms in total. The lowest BCUT2D eigenvalue weighted by molar-refractivity contribution is 1.16. The Morgan fingerprint density at radius 3 is 1.46 bits per heavy atom. The fraction of sp³-hybridized carbons (Fsp3) is 0.0147. The highest BCUT2D eigenvalue weighted by molar-refractivity contribution is 6.14. The zero-order valence-electron chi connectivity index (χ0n) is 40.9. The van der Waals surface area contributed by atoms with Gasteiger partial charge in [0.25, 0.3) is 0 Å². The van der Waals surface area contributed by atoms with Crippen molar-refractivity contribution in [3.63, 3.8) is 0 Å². The minimum absolute atomic E-state index is 0.543. The van der Waals surface area contributed by atoms with Crippen molar-refractivity contribution in [3.05, 3.63) is 258 Å².